The molecule has 0 amide bonds. The second kappa shape index (κ2) is 30.4. The Labute approximate surface area is 507 Å². The van der Waals surface area contributed by atoms with Crippen LogP contribution in [0.3, 0.4) is 0 Å². The van der Waals surface area contributed by atoms with E-state index in [0.29, 0.717) is 99.4 Å². The predicted molar refractivity (Wildman–Crippen MR) is 313 cm³/mol. The summed E-state index contributed by atoms with van der Waals surface area (Å²) in [6.45, 7) is 9.17. The van der Waals surface area contributed by atoms with Crippen LogP contribution in [0.4, 0.5) is 11.4 Å². The Hall–Kier alpha value is -5.39. The fourth-order valence-electron chi connectivity index (χ4n) is 11.0. The van der Waals surface area contributed by atoms with Crippen LogP contribution in [0.25, 0.3) is 21.5 Å². The van der Waals surface area contributed by atoms with Crippen molar-refractivity contribution >= 4 is 95.2 Å². The number of carboxylic acid groups (broad SMARTS) is 1. The number of ether oxygens (including phenoxy) is 6. The largest absolute Gasteiger partial charge is 0.748 e. The van der Waals surface area contributed by atoms with E-state index in [1.165, 1.54) is 18.2 Å². The summed E-state index contributed by atoms with van der Waals surface area (Å²) >= 11 is 0. The van der Waals surface area contributed by atoms with Crippen molar-refractivity contribution in [2.24, 2.45) is 0 Å². The average Bonchev–Trinajstić information content (AvgIpc) is 1.62. The first-order valence-electron chi connectivity index (χ1n) is 27.6. The highest BCUT2D eigenvalue weighted by Crippen LogP contribution is 2.54. The molecule has 6 rings (SSSR count). The summed E-state index contributed by atoms with van der Waals surface area (Å²) in [6.07, 6.45) is 12.8. The van der Waals surface area contributed by atoms with E-state index in [-0.39, 0.29) is 98.9 Å². The van der Waals surface area contributed by atoms with Crippen molar-refractivity contribution in [1.29, 1.82) is 0 Å². The van der Waals surface area contributed by atoms with E-state index < -0.39 is 92.7 Å². The Bertz CT molecular complexity index is 3900. The molecule has 2 atom stereocenters. The zero-order valence-corrected chi connectivity index (χ0v) is 52.5. The first kappa shape index (κ1) is 70.7. The molecule has 87 heavy (non-hydrogen) atoms. The van der Waals surface area contributed by atoms with E-state index in [1.54, 1.807) is 74.5 Å². The zero-order chi connectivity index (χ0) is 64.0. The van der Waals surface area contributed by atoms with E-state index in [4.69, 9.17) is 28.4 Å². The normalized spacial score (nSPS) is 18.3. The predicted octanol–water partition coefficient (Wildman–Crippen LogP) is 5.41. The van der Waals surface area contributed by atoms with Gasteiger partial charge in [-0.3, -0.25) is 4.79 Å². The number of fused-ring (bicyclic) bond motifs is 6. The van der Waals surface area contributed by atoms with Crippen LogP contribution in [0.15, 0.2) is 116 Å². The third-order valence-electron chi connectivity index (χ3n) is 14.9. The molecular weight excluding hydrogens is 1240 g/mol. The van der Waals surface area contributed by atoms with Crippen LogP contribution in [-0.4, -0.2) is 185 Å². The fourth-order valence-corrected chi connectivity index (χ4v) is 14.1. The molecule has 0 radical (unpaired) electrons. The number of unbranched alkanes of at least 4 members (excludes halogenated alkanes) is 2. The molecule has 4 aromatic rings. The molecule has 2 aliphatic rings. The molecule has 2 aliphatic heterocycles. The molecule has 2 heterocycles. The first-order chi connectivity index (χ1) is 40.9. The lowest BCUT2D eigenvalue weighted by Crippen LogP contribution is -2.33. The average molecular weight is 1310 g/mol. The molecule has 0 spiro atoms. The Kier molecular flexibility index (Phi) is 24.7. The standard InChI is InChI=1S/C57H74N2O23S5/c1-5-58-47-20-18-43-45(37-41(84(65,66)67)39-49(43)86(71,72)73)54(47)56(2,22-14-36-83(62,63)64)51(58)15-10-7-6-8-11-16-52-57(3,23-25-78-28-29-80-32-33-82-35-34-81-31-30-79-27-26-77-4)55-46-38-42(85(68,69)70)40-50(87(74,75)76)44(46)19-21-48(55)59(52)24-13-9-12-17-53(60)61/h6-8,10-11,15-16,18-21,37-40H,5,9,12-14,17,22-36H2,1-4H3,(H5-,60,61,62,63,64,65,66,67,68,69,70,71,72,73,74,75,76)/p-4. The van der Waals surface area contributed by atoms with Gasteiger partial charge in [-0.1, -0.05) is 36.4 Å². The van der Waals surface area contributed by atoms with Crippen molar-refractivity contribution in [1.82, 2.24) is 0 Å². The summed E-state index contributed by atoms with van der Waals surface area (Å²) in [7, 11) is -24.5. The van der Waals surface area contributed by atoms with Gasteiger partial charge in [-0.2, -0.15) is 4.58 Å². The number of methoxy groups -OCH3 is 1. The highest BCUT2D eigenvalue weighted by molar-refractivity contribution is 7.87. The number of likely N-dealkylation sites (N-methyl/N-ethyl adjacent to an activating group) is 1. The minimum atomic E-state index is -5.37. The quantitative estimate of drug-likeness (QED) is 0.0255. The summed E-state index contributed by atoms with van der Waals surface area (Å²) in [4.78, 5) is 9.43. The molecule has 4 aromatic carbocycles. The molecule has 0 aromatic heterocycles. The number of hydrogen-bond donors (Lipinski definition) is 1. The number of carboxylic acids is 1. The van der Waals surface area contributed by atoms with Crippen molar-refractivity contribution in [2.45, 2.75) is 96.1 Å². The Morgan fingerprint density at radius 1 is 0.563 bits per heavy atom. The number of anilines is 1. The molecule has 30 heteroatoms. The van der Waals surface area contributed by atoms with E-state index in [2.05, 4.69) is 0 Å². The monoisotopic (exact) mass is 1310 g/mol. The molecule has 480 valence electrons. The summed E-state index contributed by atoms with van der Waals surface area (Å²) in [6, 6.07) is 8.85. The van der Waals surface area contributed by atoms with Crippen LogP contribution in [0.5, 0.6) is 0 Å². The molecule has 2 unspecified atom stereocenters. The first-order valence-corrected chi connectivity index (χ1v) is 34.8. The number of carbonyl (C=O) groups is 1. The van der Waals surface area contributed by atoms with Crippen molar-refractivity contribution in [2.75, 3.05) is 104 Å². The van der Waals surface area contributed by atoms with Gasteiger partial charge in [0.25, 0.3) is 0 Å². The molecule has 0 saturated carbocycles. The summed E-state index contributed by atoms with van der Waals surface area (Å²) in [5.41, 5.74) is 0.183. The topological polar surface area (TPSA) is 385 Å². The fraction of sp³-hybridized carbons (Fsp3) is 0.474. The zero-order valence-electron chi connectivity index (χ0n) is 48.4. The van der Waals surface area contributed by atoms with Crippen molar-refractivity contribution in [3.63, 3.8) is 0 Å². The van der Waals surface area contributed by atoms with Gasteiger partial charge in [0.15, 0.2) is 5.71 Å². The van der Waals surface area contributed by atoms with Crippen LogP contribution < -0.4 is 4.90 Å². The Morgan fingerprint density at radius 3 is 1.55 bits per heavy atom. The highest BCUT2D eigenvalue weighted by atomic mass is 32.2. The van der Waals surface area contributed by atoms with Crippen LogP contribution >= 0.6 is 0 Å². The Morgan fingerprint density at radius 2 is 1.06 bits per heavy atom. The number of allylic oxidation sites excluding steroid dienone is 8. The van der Waals surface area contributed by atoms with Crippen molar-refractivity contribution < 1.29 is 108 Å². The molecule has 1 N–H and O–H groups in total. The molecule has 25 nitrogen and oxygen atoms in total. The maximum atomic E-state index is 12.8. The number of benzene rings is 4. The second-order valence-electron chi connectivity index (χ2n) is 20.8. The lowest BCUT2D eigenvalue weighted by Gasteiger charge is -2.30. The number of nitrogens with zero attached hydrogens (tertiary/aromatic N) is 2. The van der Waals surface area contributed by atoms with Crippen LogP contribution in [-0.2, 0) is 94.6 Å². The van der Waals surface area contributed by atoms with Gasteiger partial charge < -0.3 is 61.2 Å². The van der Waals surface area contributed by atoms with E-state index >= 15 is 0 Å². The molecule has 0 bridgehead atoms. The van der Waals surface area contributed by atoms with Gasteiger partial charge in [0, 0.05) is 78.7 Å². The summed E-state index contributed by atoms with van der Waals surface area (Å²) in [5, 5.41) is 8.97. The van der Waals surface area contributed by atoms with Gasteiger partial charge in [-0.05, 0) is 117 Å². The van der Waals surface area contributed by atoms with Gasteiger partial charge >= 0.3 is 5.97 Å². The summed E-state index contributed by atoms with van der Waals surface area (Å²) in [5.74, 6) is -1.76. The van der Waals surface area contributed by atoms with E-state index in [1.807, 2.05) is 11.5 Å². The van der Waals surface area contributed by atoms with E-state index in [9.17, 15) is 74.8 Å². The smallest absolute Gasteiger partial charge is 0.303 e. The second-order valence-corrected chi connectivity index (χ2v) is 27.7. The minimum Gasteiger partial charge on any atom is -0.748 e. The lowest BCUT2D eigenvalue weighted by atomic mass is 9.75. The molecule has 0 aliphatic carbocycles. The van der Waals surface area contributed by atoms with Gasteiger partial charge in [-0.15, -0.1) is 0 Å². The van der Waals surface area contributed by atoms with Gasteiger partial charge in [0.05, 0.1) is 101 Å². The van der Waals surface area contributed by atoms with Crippen molar-refractivity contribution in [3.05, 3.63) is 108 Å². The highest BCUT2D eigenvalue weighted by Gasteiger charge is 2.49. The number of aliphatic carboxylic acids is 1. The third kappa shape index (κ3) is 18.4. The van der Waals surface area contributed by atoms with Gasteiger partial charge in [0.2, 0.25) is 5.69 Å². The van der Waals surface area contributed by atoms with E-state index in [0.717, 1.165) is 12.1 Å². The Balaban J connectivity index is 1.34. The molecule has 0 fully saturated rings. The maximum absolute atomic E-state index is 12.8. The van der Waals surface area contributed by atoms with Crippen LogP contribution in [0, 0.1) is 0 Å². The minimum absolute atomic E-state index is 0.00729. The maximum Gasteiger partial charge on any atom is 0.303 e. The van der Waals surface area contributed by atoms with Crippen LogP contribution in [0.2, 0.25) is 0 Å². The summed E-state index contributed by atoms with van der Waals surface area (Å²) < 4.78 is 222. The van der Waals surface area contributed by atoms with Gasteiger partial charge in [-0.25, -0.2) is 42.1 Å². The van der Waals surface area contributed by atoms with Gasteiger partial charge in [0.1, 0.15) is 47.0 Å². The van der Waals surface area contributed by atoms with Crippen molar-refractivity contribution in [3.8, 4) is 0 Å². The molecule has 0 saturated heterocycles. The SMILES string of the molecule is CCN1/C(=C/C=C/C=C/C=C/C2=[N+](CCCCCC(=O)O)c3ccc4c(S(=O)(=O)[O-])cc(S(=O)(=O)[O-])cc4c3C2(C)CCOCCOCCOCCOCCOCCOC)C(C)(CCCS(=O)(=O)[O-])c2c1ccc1c(S(=O)(=O)[O-])cc(S(=O)(=O)[O-])cc21. The lowest BCUT2D eigenvalue weighted by molar-refractivity contribution is -0.438. The number of hydrogen-bond acceptors (Lipinski definition) is 23. The third-order valence-corrected chi connectivity index (χ3v) is 19.1. The number of rotatable bonds is 37. The van der Waals surface area contributed by atoms with Crippen LogP contribution in [0.1, 0.15) is 76.8 Å². The molecular formula is C57H70N2O23S5-4.